The topological polar surface area (TPSA) is 27.1 Å². The maximum atomic E-state index is 6.92. The molecule has 0 spiro atoms. The molecule has 148 valence electrons. The first-order chi connectivity index (χ1) is 13.5. The van der Waals surface area contributed by atoms with E-state index in [0.717, 1.165) is 32.4 Å². The number of rotatable bonds is 9. The molecule has 0 amide bonds. The zero-order chi connectivity index (χ0) is 19.9. The van der Waals surface area contributed by atoms with Gasteiger partial charge >= 0.3 is 0 Å². The van der Waals surface area contributed by atoms with E-state index in [9.17, 15) is 0 Å². The van der Waals surface area contributed by atoms with Crippen molar-refractivity contribution < 1.29 is 4.43 Å². The third-order valence-electron chi connectivity index (χ3n) is 5.36. The van der Waals surface area contributed by atoms with Crippen LogP contribution in [-0.4, -0.2) is 24.5 Å². The average Bonchev–Trinajstić information content (AvgIpc) is 3.21. The Bertz CT molecular complexity index is 771. The Kier molecular flexibility index (Phi) is 6.86. The summed E-state index contributed by atoms with van der Waals surface area (Å²) in [7, 11) is -2.38. The fourth-order valence-electron chi connectivity index (χ4n) is 3.98. The minimum Gasteiger partial charge on any atom is -0.407 e. The second-order valence-corrected chi connectivity index (χ2v) is 12.7. The highest BCUT2D eigenvalue weighted by Crippen LogP contribution is 2.36. The molecule has 1 heterocycles. The number of nitrogens with zero attached hydrogens (tertiary/aromatic N) is 2. The number of hydrogen-bond acceptors (Lipinski definition) is 2. The fourth-order valence-corrected chi connectivity index (χ4v) is 8.59. The van der Waals surface area contributed by atoms with Crippen molar-refractivity contribution in [2.45, 2.75) is 51.6 Å². The molecule has 0 aliphatic carbocycles. The Morgan fingerprint density at radius 3 is 1.96 bits per heavy atom. The van der Waals surface area contributed by atoms with Crippen LogP contribution in [0.1, 0.15) is 40.0 Å². The molecule has 3 nitrogen and oxygen atoms in total. The Morgan fingerprint density at radius 1 is 0.857 bits per heavy atom. The molecule has 0 atom stereocenters. The summed E-state index contributed by atoms with van der Waals surface area (Å²) in [6.45, 7) is 8.82. The van der Waals surface area contributed by atoms with Gasteiger partial charge in [0.2, 0.25) is 0 Å². The van der Waals surface area contributed by atoms with E-state index in [2.05, 4.69) is 91.0 Å². The van der Waals surface area contributed by atoms with Gasteiger partial charge in [-0.1, -0.05) is 81.4 Å². The van der Waals surface area contributed by atoms with Crippen molar-refractivity contribution in [3.8, 4) is 0 Å². The Balaban J connectivity index is 1.74. The quantitative estimate of drug-likeness (QED) is 0.392. The van der Waals surface area contributed by atoms with Crippen molar-refractivity contribution in [2.75, 3.05) is 6.61 Å². The average molecular weight is 393 g/mol. The lowest BCUT2D eigenvalue weighted by Gasteiger charge is -2.43. The normalized spacial score (nSPS) is 12.2. The first-order valence-electron chi connectivity index (χ1n) is 10.2. The highest BCUT2D eigenvalue weighted by molar-refractivity contribution is 6.99. The molecule has 0 aliphatic heterocycles. The SMILES string of the molecule is CC(C)(C)[Si](OCCCCCn1ccnc1)(c1ccccc1)c1ccccc1. The largest absolute Gasteiger partial charge is 0.407 e. The molecule has 0 unspecified atom stereocenters. The minimum absolute atomic E-state index is 0.0481. The molecule has 1 aromatic heterocycles. The van der Waals surface area contributed by atoms with Gasteiger partial charge in [-0.25, -0.2) is 4.98 Å². The zero-order valence-corrected chi connectivity index (χ0v) is 18.3. The number of imidazole rings is 1. The Labute approximate surface area is 170 Å². The van der Waals surface area contributed by atoms with E-state index in [4.69, 9.17) is 4.43 Å². The van der Waals surface area contributed by atoms with E-state index in [1.165, 1.54) is 10.4 Å². The van der Waals surface area contributed by atoms with Crippen molar-refractivity contribution in [2.24, 2.45) is 0 Å². The van der Waals surface area contributed by atoms with Gasteiger partial charge in [-0.15, -0.1) is 0 Å². The predicted octanol–water partition coefficient (Wildman–Crippen LogP) is 4.63. The predicted molar refractivity (Wildman–Crippen MR) is 120 cm³/mol. The molecular weight excluding hydrogens is 360 g/mol. The van der Waals surface area contributed by atoms with E-state index in [1.54, 1.807) is 0 Å². The van der Waals surface area contributed by atoms with Crippen LogP contribution in [0.2, 0.25) is 5.04 Å². The van der Waals surface area contributed by atoms with Gasteiger partial charge in [-0.3, -0.25) is 0 Å². The third-order valence-corrected chi connectivity index (χ3v) is 10.4. The summed E-state index contributed by atoms with van der Waals surface area (Å²) in [6, 6.07) is 21.7. The number of aromatic nitrogens is 2. The molecule has 3 aromatic rings. The van der Waals surface area contributed by atoms with Crippen LogP contribution in [0.4, 0.5) is 0 Å². The maximum absolute atomic E-state index is 6.92. The lowest BCUT2D eigenvalue weighted by Crippen LogP contribution is -2.66. The van der Waals surface area contributed by atoms with Crippen LogP contribution in [0, 0.1) is 0 Å². The molecule has 0 saturated heterocycles. The summed E-state index contributed by atoms with van der Waals surface area (Å²) >= 11 is 0. The number of unbranched alkanes of at least 4 members (excludes halogenated alkanes) is 2. The lowest BCUT2D eigenvalue weighted by molar-refractivity contribution is 0.286. The minimum atomic E-state index is -2.38. The molecule has 0 radical (unpaired) electrons. The van der Waals surface area contributed by atoms with Gasteiger partial charge in [-0.2, -0.15) is 0 Å². The molecule has 2 aromatic carbocycles. The van der Waals surface area contributed by atoms with Gasteiger partial charge in [0.1, 0.15) is 0 Å². The molecule has 0 fully saturated rings. The zero-order valence-electron chi connectivity index (χ0n) is 17.3. The summed E-state index contributed by atoms with van der Waals surface area (Å²) in [6.07, 6.45) is 9.15. The van der Waals surface area contributed by atoms with Gasteiger partial charge in [-0.05, 0) is 34.7 Å². The molecule has 28 heavy (non-hydrogen) atoms. The van der Waals surface area contributed by atoms with Crippen LogP contribution in [-0.2, 0) is 11.0 Å². The first kappa shape index (κ1) is 20.6. The van der Waals surface area contributed by atoms with Gasteiger partial charge in [0, 0.05) is 25.5 Å². The van der Waals surface area contributed by atoms with Gasteiger partial charge in [0.15, 0.2) is 0 Å². The summed E-state index contributed by atoms with van der Waals surface area (Å²) in [4.78, 5) is 4.11. The highest BCUT2D eigenvalue weighted by Gasteiger charge is 2.49. The van der Waals surface area contributed by atoms with Crippen molar-refractivity contribution in [1.82, 2.24) is 9.55 Å². The smallest absolute Gasteiger partial charge is 0.261 e. The van der Waals surface area contributed by atoms with Crippen LogP contribution in [0.15, 0.2) is 79.4 Å². The number of aryl methyl sites for hydroxylation is 1. The van der Waals surface area contributed by atoms with E-state index in [1.807, 2.05) is 18.7 Å². The van der Waals surface area contributed by atoms with Crippen molar-refractivity contribution in [1.29, 1.82) is 0 Å². The summed E-state index contributed by atoms with van der Waals surface area (Å²) in [5, 5.41) is 2.76. The van der Waals surface area contributed by atoms with Crippen LogP contribution >= 0.6 is 0 Å². The molecule has 0 bridgehead atoms. The summed E-state index contributed by atoms with van der Waals surface area (Å²) < 4.78 is 9.07. The Morgan fingerprint density at radius 2 is 1.46 bits per heavy atom. The molecule has 3 rings (SSSR count). The molecule has 0 aliphatic rings. The van der Waals surface area contributed by atoms with Crippen molar-refractivity contribution in [3.05, 3.63) is 79.4 Å². The van der Waals surface area contributed by atoms with E-state index < -0.39 is 8.32 Å². The van der Waals surface area contributed by atoms with E-state index in [0.29, 0.717) is 0 Å². The maximum Gasteiger partial charge on any atom is 0.261 e. The van der Waals surface area contributed by atoms with Crippen molar-refractivity contribution in [3.63, 3.8) is 0 Å². The number of benzene rings is 2. The van der Waals surface area contributed by atoms with Crippen molar-refractivity contribution >= 4 is 18.7 Å². The van der Waals surface area contributed by atoms with Crippen LogP contribution in [0.3, 0.4) is 0 Å². The van der Waals surface area contributed by atoms with Gasteiger partial charge in [0.05, 0.1) is 6.33 Å². The monoisotopic (exact) mass is 392 g/mol. The van der Waals surface area contributed by atoms with E-state index in [-0.39, 0.29) is 5.04 Å². The second-order valence-electron chi connectivity index (χ2n) is 8.37. The molecule has 0 N–H and O–H groups in total. The standard InChI is InChI=1S/C24H32N2OSi/c1-24(2,3)28(22-13-7-4-8-14-22,23-15-9-5-10-16-23)27-20-12-6-11-18-26-19-17-25-21-26/h4-5,7-10,13-17,19,21H,6,11-12,18,20H2,1-3H3. The highest BCUT2D eigenvalue weighted by atomic mass is 28.4. The van der Waals surface area contributed by atoms with E-state index >= 15 is 0 Å². The third kappa shape index (κ3) is 4.62. The second kappa shape index (κ2) is 9.35. The van der Waals surface area contributed by atoms with Crippen LogP contribution < -0.4 is 10.4 Å². The summed E-state index contributed by atoms with van der Waals surface area (Å²) in [5.74, 6) is 0. The first-order valence-corrected chi connectivity index (χ1v) is 12.2. The Hall–Kier alpha value is -2.17. The van der Waals surface area contributed by atoms with Gasteiger partial charge in [0.25, 0.3) is 8.32 Å². The number of hydrogen-bond donors (Lipinski definition) is 0. The molecule has 0 saturated carbocycles. The van der Waals surface area contributed by atoms with Crippen LogP contribution in [0.5, 0.6) is 0 Å². The summed E-state index contributed by atoms with van der Waals surface area (Å²) in [5.41, 5.74) is 0. The van der Waals surface area contributed by atoms with Crippen LogP contribution in [0.25, 0.3) is 0 Å². The molecular formula is C24H32N2OSi. The molecule has 4 heteroatoms. The fraction of sp³-hybridized carbons (Fsp3) is 0.375. The lowest BCUT2D eigenvalue weighted by atomic mass is 10.2. The van der Waals surface area contributed by atoms with Gasteiger partial charge < -0.3 is 8.99 Å².